The molecule has 0 saturated heterocycles. The second-order valence-electron chi connectivity index (χ2n) is 5.39. The molecule has 0 unspecified atom stereocenters. The van der Waals surface area contributed by atoms with E-state index in [9.17, 15) is 18.9 Å². The topological polar surface area (TPSA) is 75.4 Å². The molecule has 0 aliphatic rings. The van der Waals surface area contributed by atoms with E-state index in [0.29, 0.717) is 19.0 Å². The van der Waals surface area contributed by atoms with Crippen molar-refractivity contribution in [2.24, 2.45) is 5.41 Å². The minimum atomic E-state index is -1.18. The molecule has 5 nitrogen and oxygen atoms in total. The van der Waals surface area contributed by atoms with Crippen LogP contribution in [0.5, 0.6) is 0 Å². The smallest absolute Gasteiger partial charge is 0.305 e. The molecule has 0 spiro atoms. The molecule has 0 radical (unpaired) electrons. The lowest BCUT2D eigenvalue weighted by Crippen LogP contribution is -2.30. The summed E-state index contributed by atoms with van der Waals surface area (Å²) in [5.74, 6) is -2.00. The number of rotatable bonds is 7. The van der Waals surface area contributed by atoms with Crippen molar-refractivity contribution >= 4 is 5.69 Å². The van der Waals surface area contributed by atoms with E-state index in [4.69, 9.17) is 5.11 Å². The average Bonchev–Trinajstić information content (AvgIpc) is 2.31. The van der Waals surface area contributed by atoms with Gasteiger partial charge >= 0.3 is 5.69 Å². The first-order valence-electron chi connectivity index (χ1n) is 6.21. The summed E-state index contributed by atoms with van der Waals surface area (Å²) in [6.45, 7) is 4.46. The van der Waals surface area contributed by atoms with Gasteiger partial charge in [0.25, 0.3) is 0 Å². The van der Waals surface area contributed by atoms with E-state index in [1.807, 2.05) is 13.8 Å². The molecule has 0 aromatic heterocycles. The van der Waals surface area contributed by atoms with Crippen LogP contribution in [0.15, 0.2) is 12.1 Å². The third kappa shape index (κ3) is 4.50. The molecule has 7 heteroatoms. The van der Waals surface area contributed by atoms with Gasteiger partial charge in [-0.15, -0.1) is 0 Å². The maximum absolute atomic E-state index is 13.5. The number of aliphatic hydroxyl groups excluding tert-OH is 1. The zero-order valence-electron chi connectivity index (χ0n) is 11.4. The number of halogens is 2. The van der Waals surface area contributed by atoms with E-state index in [0.717, 1.165) is 6.07 Å². The van der Waals surface area contributed by atoms with E-state index in [-0.39, 0.29) is 24.1 Å². The highest BCUT2D eigenvalue weighted by Crippen LogP contribution is 2.22. The van der Waals surface area contributed by atoms with E-state index in [1.54, 1.807) is 0 Å². The Morgan fingerprint density at radius 2 is 2.00 bits per heavy atom. The van der Waals surface area contributed by atoms with Crippen LogP contribution in [0.3, 0.4) is 0 Å². The number of nitrogens with zero attached hydrogens (tertiary/aromatic N) is 1. The van der Waals surface area contributed by atoms with Crippen LogP contribution in [0.25, 0.3) is 0 Å². The van der Waals surface area contributed by atoms with Crippen LogP contribution in [-0.2, 0) is 6.54 Å². The largest absolute Gasteiger partial charge is 0.396 e. The molecule has 1 rings (SSSR count). The highest BCUT2D eigenvalue weighted by molar-refractivity contribution is 5.37. The number of nitro groups is 1. The summed E-state index contributed by atoms with van der Waals surface area (Å²) in [5.41, 5.74) is -0.882. The van der Waals surface area contributed by atoms with Gasteiger partial charge in [0.15, 0.2) is 0 Å². The fourth-order valence-corrected chi connectivity index (χ4v) is 1.78. The lowest BCUT2D eigenvalue weighted by atomic mass is 9.90. The number of benzene rings is 1. The summed E-state index contributed by atoms with van der Waals surface area (Å²) in [6, 6.07) is 1.42. The maximum Gasteiger partial charge on any atom is 0.305 e. The minimum Gasteiger partial charge on any atom is -0.396 e. The van der Waals surface area contributed by atoms with Gasteiger partial charge in [-0.2, -0.15) is 4.39 Å². The maximum atomic E-state index is 13.5. The van der Waals surface area contributed by atoms with Crippen molar-refractivity contribution in [2.75, 3.05) is 13.2 Å². The van der Waals surface area contributed by atoms with Gasteiger partial charge in [0.05, 0.1) is 4.92 Å². The molecule has 2 N–H and O–H groups in total. The van der Waals surface area contributed by atoms with E-state index in [1.165, 1.54) is 0 Å². The molecule has 1 aromatic carbocycles. The van der Waals surface area contributed by atoms with Crippen molar-refractivity contribution < 1.29 is 18.8 Å². The van der Waals surface area contributed by atoms with Gasteiger partial charge in [0, 0.05) is 37.4 Å². The molecule has 0 atom stereocenters. The van der Waals surface area contributed by atoms with Crippen LogP contribution in [0.1, 0.15) is 25.8 Å². The molecule has 20 heavy (non-hydrogen) atoms. The van der Waals surface area contributed by atoms with Gasteiger partial charge in [0.2, 0.25) is 5.82 Å². The summed E-state index contributed by atoms with van der Waals surface area (Å²) >= 11 is 0. The Kier molecular flexibility index (Phi) is 5.52. The summed E-state index contributed by atoms with van der Waals surface area (Å²) < 4.78 is 26.7. The number of hydrogen-bond acceptors (Lipinski definition) is 4. The third-order valence-electron chi connectivity index (χ3n) is 3.02. The van der Waals surface area contributed by atoms with Crippen molar-refractivity contribution in [3.05, 3.63) is 39.4 Å². The van der Waals surface area contributed by atoms with Crippen LogP contribution >= 0.6 is 0 Å². The Balaban J connectivity index is 2.73. The van der Waals surface area contributed by atoms with Crippen LogP contribution in [-0.4, -0.2) is 23.2 Å². The second-order valence-corrected chi connectivity index (χ2v) is 5.39. The van der Waals surface area contributed by atoms with Crippen molar-refractivity contribution in [2.45, 2.75) is 26.8 Å². The molecule has 0 amide bonds. The van der Waals surface area contributed by atoms with E-state index < -0.39 is 22.2 Å². The molecule has 0 saturated carbocycles. The Labute approximate surface area is 115 Å². The Bertz CT molecular complexity index is 493. The molecular formula is C13H18F2N2O3. The Hall–Kier alpha value is -1.60. The predicted octanol–water partition coefficient (Wildman–Crippen LogP) is 2.37. The quantitative estimate of drug-likeness (QED) is 0.596. The summed E-state index contributed by atoms with van der Waals surface area (Å²) in [7, 11) is 0. The fourth-order valence-electron chi connectivity index (χ4n) is 1.78. The Morgan fingerprint density at radius 3 is 2.55 bits per heavy atom. The van der Waals surface area contributed by atoms with Gasteiger partial charge in [0.1, 0.15) is 5.82 Å². The number of hydrogen-bond donors (Lipinski definition) is 2. The van der Waals surface area contributed by atoms with E-state index >= 15 is 0 Å². The Morgan fingerprint density at radius 1 is 1.35 bits per heavy atom. The van der Waals surface area contributed by atoms with Gasteiger partial charge in [-0.05, 0) is 11.8 Å². The number of nitrogens with one attached hydrogen (secondary N) is 1. The zero-order chi connectivity index (χ0) is 15.3. The van der Waals surface area contributed by atoms with Crippen molar-refractivity contribution in [1.29, 1.82) is 0 Å². The fraction of sp³-hybridized carbons (Fsp3) is 0.538. The minimum absolute atomic E-state index is 0.0397. The standard InChI is InChI=1S/C13H18F2N2O3/c1-13(2,3-4-18)8-16-7-9-5-12(17(19)20)11(15)6-10(9)14/h5-6,16,18H,3-4,7-8H2,1-2H3. The van der Waals surface area contributed by atoms with Crippen molar-refractivity contribution in [3.63, 3.8) is 0 Å². The molecule has 0 bridgehead atoms. The zero-order valence-corrected chi connectivity index (χ0v) is 11.4. The third-order valence-corrected chi connectivity index (χ3v) is 3.02. The summed E-state index contributed by atoms with van der Waals surface area (Å²) in [5, 5.41) is 22.4. The molecule has 0 heterocycles. The number of nitro benzene ring substituents is 1. The first-order chi connectivity index (χ1) is 9.26. The van der Waals surface area contributed by atoms with Crippen LogP contribution in [0.2, 0.25) is 0 Å². The molecule has 0 aliphatic heterocycles. The van der Waals surface area contributed by atoms with Crippen LogP contribution in [0, 0.1) is 27.2 Å². The van der Waals surface area contributed by atoms with Gasteiger partial charge in [-0.25, -0.2) is 4.39 Å². The van der Waals surface area contributed by atoms with Gasteiger partial charge in [-0.3, -0.25) is 10.1 Å². The van der Waals surface area contributed by atoms with Gasteiger partial charge in [-0.1, -0.05) is 13.8 Å². The molecular weight excluding hydrogens is 270 g/mol. The lowest BCUT2D eigenvalue weighted by molar-refractivity contribution is -0.387. The summed E-state index contributed by atoms with van der Waals surface area (Å²) in [6.07, 6.45) is 0.575. The van der Waals surface area contributed by atoms with Crippen LogP contribution in [0.4, 0.5) is 14.5 Å². The van der Waals surface area contributed by atoms with Crippen LogP contribution < -0.4 is 5.32 Å². The number of aliphatic hydroxyl groups is 1. The summed E-state index contributed by atoms with van der Waals surface area (Å²) in [4.78, 5) is 9.72. The average molecular weight is 288 g/mol. The molecule has 0 aliphatic carbocycles. The second kappa shape index (κ2) is 6.71. The van der Waals surface area contributed by atoms with Gasteiger partial charge < -0.3 is 10.4 Å². The van der Waals surface area contributed by atoms with Crippen molar-refractivity contribution in [3.8, 4) is 0 Å². The normalized spacial score (nSPS) is 11.7. The lowest BCUT2D eigenvalue weighted by Gasteiger charge is -2.24. The highest BCUT2D eigenvalue weighted by Gasteiger charge is 2.20. The first-order valence-corrected chi connectivity index (χ1v) is 6.21. The monoisotopic (exact) mass is 288 g/mol. The first kappa shape index (κ1) is 16.5. The molecule has 1 aromatic rings. The molecule has 0 fully saturated rings. The highest BCUT2D eigenvalue weighted by atomic mass is 19.1. The van der Waals surface area contributed by atoms with Crippen molar-refractivity contribution in [1.82, 2.24) is 5.32 Å². The molecule has 112 valence electrons. The predicted molar refractivity (Wildman–Crippen MR) is 70.2 cm³/mol. The SMILES string of the molecule is CC(C)(CCO)CNCc1cc([N+](=O)[O-])c(F)cc1F. The van der Waals surface area contributed by atoms with E-state index in [2.05, 4.69) is 5.32 Å².